The van der Waals surface area contributed by atoms with Crippen molar-refractivity contribution in [2.24, 2.45) is 0 Å². The maximum absolute atomic E-state index is 11.8. The monoisotopic (exact) mass is 339 g/mol. The second kappa shape index (κ2) is 8.45. The molecule has 0 saturated carbocycles. The van der Waals surface area contributed by atoms with E-state index >= 15 is 0 Å². The number of nitrogens with zero attached hydrogens (tertiary/aromatic N) is 3. The molecule has 0 aliphatic rings. The van der Waals surface area contributed by atoms with Crippen molar-refractivity contribution in [1.29, 1.82) is 5.26 Å². The Labute approximate surface area is 144 Å². The van der Waals surface area contributed by atoms with E-state index in [0.717, 1.165) is 5.56 Å². The minimum atomic E-state index is -0.932. The Hall–Kier alpha value is -3.40. The fraction of sp³-hybridized carbons (Fsp3) is 0.222. The SMILES string of the molecule is CCOC(=O)/C(C#N)=C\c1cn(CCC(=O)O)nc1-c1ccccc1. The van der Waals surface area contributed by atoms with Gasteiger partial charge in [0.15, 0.2) is 0 Å². The number of rotatable bonds is 7. The Morgan fingerprint density at radius 2 is 2.08 bits per heavy atom. The maximum atomic E-state index is 11.8. The van der Waals surface area contributed by atoms with Gasteiger partial charge in [0.25, 0.3) is 0 Å². The predicted octanol–water partition coefficient (Wildman–Crippen LogP) is 2.49. The Morgan fingerprint density at radius 3 is 2.68 bits per heavy atom. The van der Waals surface area contributed by atoms with Crippen LogP contribution in [-0.2, 0) is 20.9 Å². The number of carboxylic acid groups (broad SMARTS) is 1. The molecule has 25 heavy (non-hydrogen) atoms. The van der Waals surface area contributed by atoms with Gasteiger partial charge in [-0.1, -0.05) is 30.3 Å². The van der Waals surface area contributed by atoms with E-state index in [4.69, 9.17) is 9.84 Å². The van der Waals surface area contributed by atoms with Crippen molar-refractivity contribution < 1.29 is 19.4 Å². The van der Waals surface area contributed by atoms with Gasteiger partial charge in [-0.3, -0.25) is 9.48 Å². The van der Waals surface area contributed by atoms with Crippen molar-refractivity contribution in [3.63, 3.8) is 0 Å². The smallest absolute Gasteiger partial charge is 0.348 e. The van der Waals surface area contributed by atoms with Gasteiger partial charge in [0.2, 0.25) is 0 Å². The Bertz CT molecular complexity index is 832. The van der Waals surface area contributed by atoms with Crippen molar-refractivity contribution in [3.8, 4) is 17.3 Å². The molecule has 1 N–H and O–H groups in total. The second-order valence-electron chi connectivity index (χ2n) is 5.10. The summed E-state index contributed by atoms with van der Waals surface area (Å²) in [4.78, 5) is 22.6. The lowest BCUT2D eigenvalue weighted by molar-refractivity contribution is -0.138. The number of carboxylic acids is 1. The summed E-state index contributed by atoms with van der Waals surface area (Å²) in [6, 6.07) is 11.1. The molecule has 128 valence electrons. The van der Waals surface area contributed by atoms with Gasteiger partial charge >= 0.3 is 11.9 Å². The first-order valence-electron chi connectivity index (χ1n) is 7.68. The largest absolute Gasteiger partial charge is 0.481 e. The molecule has 0 radical (unpaired) electrons. The van der Waals surface area contributed by atoms with Crippen LogP contribution in [0, 0.1) is 11.3 Å². The molecule has 1 aromatic heterocycles. The summed E-state index contributed by atoms with van der Waals surface area (Å²) < 4.78 is 6.35. The van der Waals surface area contributed by atoms with E-state index in [9.17, 15) is 14.9 Å². The fourth-order valence-electron chi connectivity index (χ4n) is 2.19. The first kappa shape index (κ1) is 17.9. The first-order chi connectivity index (χ1) is 12.0. The van der Waals surface area contributed by atoms with Gasteiger partial charge in [-0.2, -0.15) is 10.4 Å². The predicted molar refractivity (Wildman–Crippen MR) is 90.1 cm³/mol. The minimum Gasteiger partial charge on any atom is -0.481 e. The van der Waals surface area contributed by atoms with Crippen molar-refractivity contribution in [3.05, 3.63) is 47.7 Å². The van der Waals surface area contributed by atoms with Crippen LogP contribution in [0.3, 0.4) is 0 Å². The van der Waals surface area contributed by atoms with Gasteiger partial charge < -0.3 is 9.84 Å². The molecule has 0 aliphatic heterocycles. The van der Waals surface area contributed by atoms with Crippen LogP contribution in [0.25, 0.3) is 17.3 Å². The van der Waals surface area contributed by atoms with Gasteiger partial charge in [-0.05, 0) is 13.0 Å². The summed E-state index contributed by atoms with van der Waals surface area (Å²) in [7, 11) is 0. The van der Waals surface area contributed by atoms with E-state index < -0.39 is 11.9 Å². The summed E-state index contributed by atoms with van der Waals surface area (Å²) in [5, 5.41) is 22.4. The highest BCUT2D eigenvalue weighted by Crippen LogP contribution is 2.24. The van der Waals surface area contributed by atoms with E-state index in [0.29, 0.717) is 11.3 Å². The highest BCUT2D eigenvalue weighted by atomic mass is 16.5. The lowest BCUT2D eigenvalue weighted by Gasteiger charge is -2.01. The zero-order valence-corrected chi connectivity index (χ0v) is 13.7. The normalized spacial score (nSPS) is 11.0. The van der Waals surface area contributed by atoms with E-state index in [2.05, 4.69) is 5.10 Å². The molecule has 7 nitrogen and oxygen atoms in total. The Kier molecular flexibility index (Phi) is 6.07. The maximum Gasteiger partial charge on any atom is 0.348 e. The third-order valence-electron chi connectivity index (χ3n) is 3.31. The Morgan fingerprint density at radius 1 is 1.36 bits per heavy atom. The topological polar surface area (TPSA) is 105 Å². The molecular weight excluding hydrogens is 322 g/mol. The van der Waals surface area contributed by atoms with Gasteiger partial charge in [-0.15, -0.1) is 0 Å². The van der Waals surface area contributed by atoms with Crippen LogP contribution in [0.2, 0.25) is 0 Å². The number of esters is 1. The molecule has 7 heteroatoms. The molecule has 1 aromatic carbocycles. The van der Waals surface area contributed by atoms with Crippen molar-refractivity contribution in [1.82, 2.24) is 9.78 Å². The number of benzene rings is 1. The number of carbonyl (C=O) groups excluding carboxylic acids is 1. The molecule has 0 saturated heterocycles. The quantitative estimate of drug-likeness (QED) is 0.472. The number of carbonyl (C=O) groups is 2. The standard InChI is InChI=1S/C18H17N3O4/c1-2-25-18(24)14(11-19)10-15-12-21(9-8-16(22)23)20-17(15)13-6-4-3-5-7-13/h3-7,10,12H,2,8-9H2,1H3,(H,22,23)/b14-10-. The molecule has 0 atom stereocenters. The zero-order chi connectivity index (χ0) is 18.2. The molecule has 0 unspecified atom stereocenters. The van der Waals surface area contributed by atoms with Crippen LogP contribution in [-0.4, -0.2) is 33.4 Å². The molecule has 1 heterocycles. The fourth-order valence-corrected chi connectivity index (χ4v) is 2.19. The van der Waals surface area contributed by atoms with Crippen molar-refractivity contribution >= 4 is 18.0 Å². The molecule has 0 amide bonds. The van der Waals surface area contributed by atoms with Crippen molar-refractivity contribution in [2.45, 2.75) is 19.9 Å². The summed E-state index contributed by atoms with van der Waals surface area (Å²) in [5.41, 5.74) is 1.75. The average Bonchev–Trinajstić information content (AvgIpc) is 3.01. The zero-order valence-electron chi connectivity index (χ0n) is 13.7. The third kappa shape index (κ3) is 4.78. The lowest BCUT2D eigenvalue weighted by atomic mass is 10.1. The third-order valence-corrected chi connectivity index (χ3v) is 3.31. The lowest BCUT2D eigenvalue weighted by Crippen LogP contribution is -2.06. The number of nitriles is 1. The van der Waals surface area contributed by atoms with E-state index in [1.54, 1.807) is 13.1 Å². The van der Waals surface area contributed by atoms with Crippen LogP contribution in [0.4, 0.5) is 0 Å². The van der Waals surface area contributed by atoms with Gasteiger partial charge in [0, 0.05) is 17.3 Å². The number of ether oxygens (including phenoxy) is 1. The van der Waals surface area contributed by atoms with Crippen LogP contribution >= 0.6 is 0 Å². The number of hydrogen-bond acceptors (Lipinski definition) is 5. The molecule has 0 bridgehead atoms. The summed E-state index contributed by atoms with van der Waals surface area (Å²) in [5.74, 6) is -1.64. The molecule has 0 aliphatic carbocycles. The molecule has 0 spiro atoms. The first-order valence-corrected chi connectivity index (χ1v) is 7.68. The summed E-state index contributed by atoms with van der Waals surface area (Å²) >= 11 is 0. The highest BCUT2D eigenvalue weighted by Gasteiger charge is 2.15. The van der Waals surface area contributed by atoms with Crippen LogP contribution in [0.5, 0.6) is 0 Å². The van der Waals surface area contributed by atoms with E-state index in [1.807, 2.05) is 36.4 Å². The summed E-state index contributed by atoms with van der Waals surface area (Å²) in [6.45, 7) is 2.01. The average molecular weight is 339 g/mol. The highest BCUT2D eigenvalue weighted by molar-refractivity contribution is 5.98. The van der Waals surface area contributed by atoms with Crippen LogP contribution < -0.4 is 0 Å². The van der Waals surface area contributed by atoms with E-state index in [-0.39, 0.29) is 25.1 Å². The summed E-state index contributed by atoms with van der Waals surface area (Å²) in [6.07, 6.45) is 2.94. The molecule has 0 fully saturated rings. The molecule has 2 rings (SSSR count). The van der Waals surface area contributed by atoms with E-state index in [1.165, 1.54) is 10.8 Å². The number of aliphatic carboxylic acids is 1. The number of aromatic nitrogens is 2. The number of hydrogen-bond donors (Lipinski definition) is 1. The van der Waals surface area contributed by atoms with Gasteiger partial charge in [0.05, 0.1) is 25.3 Å². The van der Waals surface area contributed by atoms with Crippen LogP contribution in [0.1, 0.15) is 18.9 Å². The van der Waals surface area contributed by atoms with Crippen molar-refractivity contribution in [2.75, 3.05) is 6.61 Å². The van der Waals surface area contributed by atoms with Gasteiger partial charge in [-0.25, -0.2) is 4.79 Å². The Balaban J connectivity index is 2.45. The molecular formula is C18H17N3O4. The van der Waals surface area contributed by atoms with Gasteiger partial charge in [0.1, 0.15) is 11.6 Å². The molecule has 2 aromatic rings. The number of aryl methyl sites for hydroxylation is 1. The minimum absolute atomic E-state index is 0.0813. The van der Waals surface area contributed by atoms with Crippen LogP contribution in [0.15, 0.2) is 42.1 Å². The second-order valence-corrected chi connectivity index (χ2v) is 5.10.